The number of benzene rings is 2. The van der Waals surface area contributed by atoms with Crippen LogP contribution in [-0.2, 0) is 9.53 Å². The second kappa shape index (κ2) is 6.81. The third-order valence-corrected chi connectivity index (χ3v) is 5.32. The van der Waals surface area contributed by atoms with Gasteiger partial charge in [-0.2, -0.15) is 39.5 Å². The van der Waals surface area contributed by atoms with E-state index in [0.717, 1.165) is 18.2 Å². The lowest BCUT2D eigenvalue weighted by atomic mass is 9.83. The van der Waals surface area contributed by atoms with E-state index in [1.807, 2.05) is 0 Å². The van der Waals surface area contributed by atoms with E-state index in [1.54, 1.807) is 0 Å². The normalized spacial score (nSPS) is 24.4. The van der Waals surface area contributed by atoms with Crippen molar-refractivity contribution < 1.29 is 58.6 Å². The number of rotatable bonds is 3. The molecule has 5 nitrogen and oxygen atoms in total. The van der Waals surface area contributed by atoms with Crippen molar-refractivity contribution in [3.63, 3.8) is 0 Å². The molecule has 0 spiro atoms. The number of alkyl halides is 9. The first-order valence-corrected chi connectivity index (χ1v) is 9.04. The molecule has 0 unspecified atom stereocenters. The lowest BCUT2D eigenvalue weighted by Crippen LogP contribution is -2.63. The molecule has 2 aromatic carbocycles. The fourth-order valence-corrected chi connectivity index (χ4v) is 3.55. The maximum Gasteiger partial charge on any atom is 0.428 e. The number of hydrogen-bond acceptors (Lipinski definition) is 4. The van der Waals surface area contributed by atoms with Crippen LogP contribution >= 0.6 is 0 Å². The van der Waals surface area contributed by atoms with E-state index in [1.165, 1.54) is 29.6 Å². The minimum atomic E-state index is -6.86. The van der Waals surface area contributed by atoms with Gasteiger partial charge in [-0.25, -0.2) is 0 Å². The van der Waals surface area contributed by atoms with Crippen molar-refractivity contribution in [2.75, 3.05) is 5.32 Å². The van der Waals surface area contributed by atoms with Gasteiger partial charge in [0.05, 0.1) is 11.3 Å². The minimum absolute atomic E-state index is 0.0834. The lowest BCUT2D eigenvalue weighted by molar-refractivity contribution is -0.366. The van der Waals surface area contributed by atoms with Crippen LogP contribution in [0.1, 0.15) is 31.8 Å². The van der Waals surface area contributed by atoms with Crippen LogP contribution in [0.2, 0.25) is 0 Å². The Morgan fingerprint density at radius 3 is 1.82 bits per heavy atom. The van der Waals surface area contributed by atoms with Gasteiger partial charge in [0.15, 0.2) is 11.6 Å². The Morgan fingerprint density at radius 2 is 1.29 bits per heavy atom. The fourth-order valence-electron chi connectivity index (χ4n) is 3.55. The van der Waals surface area contributed by atoms with Crippen LogP contribution in [0.4, 0.5) is 45.2 Å². The molecule has 1 N–H and O–H groups in total. The number of hydrogen-bond donors (Lipinski definition) is 1. The topological polar surface area (TPSA) is 72.5 Å². The highest BCUT2D eigenvalue weighted by Crippen LogP contribution is 2.64. The van der Waals surface area contributed by atoms with Crippen LogP contribution in [0.5, 0.6) is 0 Å². The van der Waals surface area contributed by atoms with E-state index >= 15 is 0 Å². The molecule has 0 saturated carbocycles. The zero-order valence-corrected chi connectivity index (χ0v) is 16.1. The molecule has 0 radical (unpaired) electrons. The molecule has 1 heterocycles. The molecule has 1 fully saturated rings. The van der Waals surface area contributed by atoms with Crippen LogP contribution in [0.15, 0.2) is 42.5 Å². The number of anilines is 1. The van der Waals surface area contributed by atoms with Crippen LogP contribution in [0.25, 0.3) is 0 Å². The number of amides is 1. The molecule has 1 saturated heterocycles. The van der Waals surface area contributed by atoms with Gasteiger partial charge >= 0.3 is 35.6 Å². The SMILES string of the molecule is O=C1c2ccccc2C(=O)c2c(NC(=O)C(F)(F)[C@@]3(F)OC(F)(F)C(F)(F)C3(F)F)cccc21. The summed E-state index contributed by atoms with van der Waals surface area (Å²) in [6.07, 6.45) is -6.40. The molecule has 1 atom stereocenters. The predicted octanol–water partition coefficient (Wildman–Crippen LogP) is 4.60. The molecule has 1 aliphatic carbocycles. The molecule has 0 bridgehead atoms. The summed E-state index contributed by atoms with van der Waals surface area (Å²) in [7, 11) is 0. The van der Waals surface area contributed by atoms with Gasteiger partial charge in [0.1, 0.15) is 0 Å². The second-order valence-electron chi connectivity index (χ2n) is 7.32. The van der Waals surface area contributed by atoms with E-state index in [4.69, 9.17) is 0 Å². The summed E-state index contributed by atoms with van der Waals surface area (Å²) in [5.74, 6) is -31.3. The van der Waals surface area contributed by atoms with Gasteiger partial charge in [-0.3, -0.25) is 19.1 Å². The number of fused-ring (bicyclic) bond motifs is 2. The molecule has 1 amide bonds. The number of ether oxygens (including phenoxy) is 1. The Balaban J connectivity index is 1.75. The Kier molecular flexibility index (Phi) is 4.75. The van der Waals surface area contributed by atoms with Crippen molar-refractivity contribution in [3.8, 4) is 0 Å². The van der Waals surface area contributed by atoms with Crippen molar-refractivity contribution in [2.45, 2.75) is 29.7 Å². The average molecular weight is 497 g/mol. The monoisotopic (exact) mass is 497 g/mol. The van der Waals surface area contributed by atoms with Gasteiger partial charge in [0.2, 0.25) is 0 Å². The molecule has 4 rings (SSSR count). The van der Waals surface area contributed by atoms with E-state index in [2.05, 4.69) is 4.74 Å². The number of halogens is 9. The quantitative estimate of drug-likeness (QED) is 0.538. The Labute approximate surface area is 182 Å². The van der Waals surface area contributed by atoms with Crippen molar-refractivity contribution >= 4 is 23.2 Å². The van der Waals surface area contributed by atoms with Crippen LogP contribution in [0, 0.1) is 0 Å². The van der Waals surface area contributed by atoms with Crippen molar-refractivity contribution in [1.82, 2.24) is 0 Å². The molecule has 2 aliphatic rings. The zero-order valence-electron chi connectivity index (χ0n) is 16.1. The highest BCUT2D eigenvalue weighted by atomic mass is 19.4. The van der Waals surface area contributed by atoms with Gasteiger partial charge < -0.3 is 5.32 Å². The third-order valence-electron chi connectivity index (χ3n) is 5.32. The highest BCUT2D eigenvalue weighted by molar-refractivity contribution is 6.30. The third kappa shape index (κ3) is 2.71. The molecular weight excluding hydrogens is 489 g/mol. The first kappa shape index (κ1) is 23.7. The van der Waals surface area contributed by atoms with Crippen LogP contribution < -0.4 is 5.32 Å². The number of carbonyl (C=O) groups excluding carboxylic acids is 3. The highest BCUT2D eigenvalue weighted by Gasteiger charge is 2.96. The average Bonchev–Trinajstić information content (AvgIpc) is 2.86. The second-order valence-corrected chi connectivity index (χ2v) is 7.32. The van der Waals surface area contributed by atoms with E-state index in [0.29, 0.717) is 0 Å². The fraction of sp³-hybridized carbons (Fsp3) is 0.250. The van der Waals surface area contributed by atoms with Crippen molar-refractivity contribution in [2.24, 2.45) is 0 Å². The van der Waals surface area contributed by atoms with Crippen LogP contribution in [0.3, 0.4) is 0 Å². The van der Waals surface area contributed by atoms with E-state index < -0.39 is 64.0 Å². The summed E-state index contributed by atoms with van der Waals surface area (Å²) in [5.41, 5.74) is -2.34. The van der Waals surface area contributed by atoms with Gasteiger partial charge in [-0.15, -0.1) is 0 Å². The standard InChI is InChI=1S/C20H8F9NO4/c21-16(22,19(27)17(23,24)18(25,26)20(28,29)34-19)15(33)30-11-7-3-6-10-12(11)14(32)9-5-2-1-4-8(9)13(10)31/h1-7H,(H,30,33)/t19-/m1/s1. The molecule has 2 aromatic rings. The van der Waals surface area contributed by atoms with Crippen molar-refractivity contribution in [3.05, 3.63) is 64.7 Å². The molecule has 34 heavy (non-hydrogen) atoms. The maximum absolute atomic E-state index is 14.4. The first-order valence-electron chi connectivity index (χ1n) is 9.04. The molecular formula is C20H8F9NO4. The van der Waals surface area contributed by atoms with E-state index in [-0.39, 0.29) is 11.1 Å². The zero-order chi connectivity index (χ0) is 25.5. The largest absolute Gasteiger partial charge is 0.428 e. The summed E-state index contributed by atoms with van der Waals surface area (Å²) in [6, 6.07) is 7.98. The van der Waals surface area contributed by atoms with Gasteiger partial charge in [0.25, 0.3) is 0 Å². The summed E-state index contributed by atoms with van der Waals surface area (Å²) >= 11 is 0. The smallest absolute Gasteiger partial charge is 0.320 e. The molecule has 1 aliphatic heterocycles. The number of carbonyl (C=O) groups is 3. The summed E-state index contributed by atoms with van der Waals surface area (Å²) in [5, 5.41) is 1.18. The molecule has 14 heteroatoms. The number of ketones is 2. The minimum Gasteiger partial charge on any atom is -0.320 e. The van der Waals surface area contributed by atoms with Crippen molar-refractivity contribution in [1.29, 1.82) is 0 Å². The van der Waals surface area contributed by atoms with Gasteiger partial charge in [-0.1, -0.05) is 36.4 Å². The molecule has 0 aromatic heterocycles. The van der Waals surface area contributed by atoms with Gasteiger partial charge in [-0.05, 0) is 6.07 Å². The summed E-state index contributed by atoms with van der Waals surface area (Å²) < 4.78 is 126. The lowest BCUT2D eigenvalue weighted by Gasteiger charge is -2.32. The predicted molar refractivity (Wildman–Crippen MR) is 93.1 cm³/mol. The molecule has 180 valence electrons. The maximum atomic E-state index is 14.4. The Bertz CT molecular complexity index is 1260. The Morgan fingerprint density at radius 1 is 0.765 bits per heavy atom. The Hall–Kier alpha value is -3.42. The van der Waals surface area contributed by atoms with Gasteiger partial charge in [0, 0.05) is 16.7 Å². The first-order chi connectivity index (χ1) is 15.5. The number of nitrogens with one attached hydrogen (secondary N) is 1. The van der Waals surface area contributed by atoms with E-state index in [9.17, 15) is 53.9 Å². The van der Waals surface area contributed by atoms with Crippen LogP contribution in [-0.4, -0.2) is 47.2 Å². The summed E-state index contributed by atoms with van der Waals surface area (Å²) in [6.45, 7) is 0. The summed E-state index contributed by atoms with van der Waals surface area (Å²) in [4.78, 5) is 37.5.